The molecule has 0 N–H and O–H groups in total. The number of carbonyl (C=O) groups is 1. The third kappa shape index (κ3) is 2.10. The van der Waals surface area contributed by atoms with E-state index in [9.17, 15) is 4.79 Å². The summed E-state index contributed by atoms with van der Waals surface area (Å²) in [6.07, 6.45) is 3.73. The number of carbonyl (C=O) groups excluding carboxylic acids is 1. The first kappa shape index (κ1) is 10.4. The predicted octanol–water partition coefficient (Wildman–Crippen LogP) is 2.83. The molecule has 0 aromatic heterocycles. The van der Waals surface area contributed by atoms with Gasteiger partial charge in [0, 0.05) is 19.1 Å². The molecule has 15 heavy (non-hydrogen) atoms. The molecule has 2 heteroatoms. The van der Waals surface area contributed by atoms with Crippen molar-refractivity contribution in [2.75, 3.05) is 7.11 Å². The minimum atomic E-state index is -0.160. The van der Waals surface area contributed by atoms with Crippen molar-refractivity contribution in [2.24, 2.45) is 0 Å². The normalized spacial score (nSPS) is 18.2. The van der Waals surface area contributed by atoms with Gasteiger partial charge in [0.1, 0.15) is 0 Å². The molecule has 2 rings (SSSR count). The molecule has 2 nitrogen and oxygen atoms in total. The van der Waals surface area contributed by atoms with Gasteiger partial charge in [-0.15, -0.1) is 0 Å². The van der Waals surface area contributed by atoms with Crippen LogP contribution in [-0.2, 0) is 4.74 Å². The number of ketones is 1. The third-order valence-corrected chi connectivity index (χ3v) is 3.28. The van der Waals surface area contributed by atoms with Crippen LogP contribution in [0.25, 0.3) is 0 Å². The molecule has 0 bridgehead atoms. The van der Waals surface area contributed by atoms with Gasteiger partial charge in [-0.25, -0.2) is 0 Å². The maximum atomic E-state index is 11.9. The van der Waals surface area contributed by atoms with Crippen molar-refractivity contribution >= 4 is 5.78 Å². The molecule has 1 aromatic carbocycles. The Morgan fingerprint density at radius 2 is 2.00 bits per heavy atom. The number of Topliss-reactive ketones (excluding diaryl/α,β-unsaturated/α-hetero) is 1. The van der Waals surface area contributed by atoms with E-state index in [0.717, 1.165) is 18.4 Å². The first-order chi connectivity index (χ1) is 7.26. The molecule has 1 aliphatic rings. The van der Waals surface area contributed by atoms with E-state index in [4.69, 9.17) is 4.74 Å². The largest absolute Gasteiger partial charge is 0.378 e. The average Bonchev–Trinajstić information content (AvgIpc) is 2.24. The molecule has 0 unspecified atom stereocenters. The predicted molar refractivity (Wildman–Crippen MR) is 59.0 cm³/mol. The molecule has 1 saturated carbocycles. The van der Waals surface area contributed by atoms with Crippen molar-refractivity contribution in [3.05, 3.63) is 35.9 Å². The van der Waals surface area contributed by atoms with Gasteiger partial charge in [-0.05, 0) is 19.3 Å². The number of hydrogen-bond donors (Lipinski definition) is 0. The maximum Gasteiger partial charge on any atom is 0.165 e. The monoisotopic (exact) mass is 204 g/mol. The summed E-state index contributed by atoms with van der Waals surface area (Å²) in [5, 5.41) is 0. The number of hydrogen-bond acceptors (Lipinski definition) is 2. The van der Waals surface area contributed by atoms with Gasteiger partial charge in [0.05, 0.1) is 5.60 Å². The van der Waals surface area contributed by atoms with Crippen LogP contribution in [0, 0.1) is 0 Å². The van der Waals surface area contributed by atoms with Crippen LogP contribution in [0.15, 0.2) is 30.3 Å². The van der Waals surface area contributed by atoms with Crippen LogP contribution in [0.3, 0.4) is 0 Å². The van der Waals surface area contributed by atoms with Crippen LogP contribution in [0.5, 0.6) is 0 Å². The van der Waals surface area contributed by atoms with Crippen molar-refractivity contribution < 1.29 is 9.53 Å². The van der Waals surface area contributed by atoms with Crippen molar-refractivity contribution in [2.45, 2.75) is 31.3 Å². The Morgan fingerprint density at radius 3 is 2.47 bits per heavy atom. The van der Waals surface area contributed by atoms with E-state index in [1.54, 1.807) is 7.11 Å². The highest BCUT2D eigenvalue weighted by molar-refractivity contribution is 5.96. The quantitative estimate of drug-likeness (QED) is 0.705. The van der Waals surface area contributed by atoms with E-state index in [2.05, 4.69) is 0 Å². The van der Waals surface area contributed by atoms with Crippen LogP contribution in [0.2, 0.25) is 0 Å². The first-order valence-electron chi connectivity index (χ1n) is 5.39. The lowest BCUT2D eigenvalue weighted by atomic mass is 9.76. The summed E-state index contributed by atoms with van der Waals surface area (Å²) in [6, 6.07) is 9.45. The lowest BCUT2D eigenvalue weighted by Gasteiger charge is -2.40. The molecule has 1 aliphatic carbocycles. The van der Waals surface area contributed by atoms with E-state index < -0.39 is 0 Å². The smallest absolute Gasteiger partial charge is 0.165 e. The standard InChI is InChI=1S/C13H16O2/c1-15-13(8-5-9-13)10-12(14)11-6-3-2-4-7-11/h2-4,6-7H,5,8-10H2,1H3. The summed E-state index contributed by atoms with van der Waals surface area (Å²) in [5.74, 6) is 0.192. The van der Waals surface area contributed by atoms with E-state index in [0.29, 0.717) is 6.42 Å². The van der Waals surface area contributed by atoms with Crippen molar-refractivity contribution in [3.63, 3.8) is 0 Å². The number of ether oxygens (including phenoxy) is 1. The van der Waals surface area contributed by atoms with Crippen molar-refractivity contribution in [3.8, 4) is 0 Å². The molecule has 0 atom stereocenters. The molecular formula is C13H16O2. The van der Waals surface area contributed by atoms with E-state index in [1.807, 2.05) is 30.3 Å². The maximum absolute atomic E-state index is 11.9. The summed E-state index contributed by atoms with van der Waals surface area (Å²) in [7, 11) is 1.71. The van der Waals surface area contributed by atoms with Crippen LogP contribution in [-0.4, -0.2) is 18.5 Å². The van der Waals surface area contributed by atoms with Crippen molar-refractivity contribution in [1.82, 2.24) is 0 Å². The van der Waals surface area contributed by atoms with Gasteiger partial charge in [-0.1, -0.05) is 30.3 Å². The molecule has 1 aromatic rings. The average molecular weight is 204 g/mol. The zero-order chi connectivity index (χ0) is 10.7. The molecule has 0 spiro atoms. The van der Waals surface area contributed by atoms with Gasteiger partial charge in [-0.2, -0.15) is 0 Å². The van der Waals surface area contributed by atoms with Crippen LogP contribution >= 0.6 is 0 Å². The topological polar surface area (TPSA) is 26.3 Å². The molecule has 0 radical (unpaired) electrons. The van der Waals surface area contributed by atoms with Gasteiger partial charge in [-0.3, -0.25) is 4.79 Å². The Morgan fingerprint density at radius 1 is 1.33 bits per heavy atom. The van der Waals surface area contributed by atoms with Crippen molar-refractivity contribution in [1.29, 1.82) is 0 Å². The number of benzene rings is 1. The molecular weight excluding hydrogens is 188 g/mol. The van der Waals surface area contributed by atoms with Gasteiger partial charge in [0.2, 0.25) is 0 Å². The van der Waals surface area contributed by atoms with Gasteiger partial charge in [0.15, 0.2) is 5.78 Å². The second kappa shape index (κ2) is 4.15. The van der Waals surface area contributed by atoms with E-state index in [1.165, 1.54) is 6.42 Å². The minimum absolute atomic E-state index is 0.160. The zero-order valence-corrected chi connectivity index (χ0v) is 9.03. The highest BCUT2D eigenvalue weighted by atomic mass is 16.5. The number of methoxy groups -OCH3 is 1. The minimum Gasteiger partial charge on any atom is -0.378 e. The second-order valence-corrected chi connectivity index (χ2v) is 4.21. The Labute approximate surface area is 90.3 Å². The Balaban J connectivity index is 2.04. The Bertz CT molecular complexity index is 333. The molecule has 0 heterocycles. The first-order valence-corrected chi connectivity index (χ1v) is 5.39. The molecule has 80 valence electrons. The summed E-state index contributed by atoms with van der Waals surface area (Å²) < 4.78 is 5.45. The summed E-state index contributed by atoms with van der Waals surface area (Å²) in [6.45, 7) is 0. The molecule has 1 fully saturated rings. The lowest BCUT2D eigenvalue weighted by Crippen LogP contribution is -2.41. The third-order valence-electron chi connectivity index (χ3n) is 3.28. The fraction of sp³-hybridized carbons (Fsp3) is 0.462. The van der Waals surface area contributed by atoms with E-state index >= 15 is 0 Å². The zero-order valence-electron chi connectivity index (χ0n) is 9.03. The molecule has 0 saturated heterocycles. The highest BCUT2D eigenvalue weighted by Gasteiger charge is 2.38. The van der Waals surface area contributed by atoms with Gasteiger partial charge < -0.3 is 4.74 Å². The van der Waals surface area contributed by atoms with Crippen LogP contribution in [0.1, 0.15) is 36.0 Å². The van der Waals surface area contributed by atoms with E-state index in [-0.39, 0.29) is 11.4 Å². The Hall–Kier alpha value is -1.15. The highest BCUT2D eigenvalue weighted by Crippen LogP contribution is 2.38. The SMILES string of the molecule is COC1(CC(=O)c2ccccc2)CCC1. The van der Waals surface area contributed by atoms with Crippen LogP contribution in [0.4, 0.5) is 0 Å². The van der Waals surface area contributed by atoms with Gasteiger partial charge in [0.25, 0.3) is 0 Å². The fourth-order valence-electron chi connectivity index (χ4n) is 2.04. The molecule has 0 amide bonds. The molecule has 0 aliphatic heterocycles. The summed E-state index contributed by atoms with van der Waals surface area (Å²) in [5.41, 5.74) is 0.633. The Kier molecular flexibility index (Phi) is 2.87. The number of rotatable bonds is 4. The lowest BCUT2D eigenvalue weighted by molar-refractivity contribution is -0.0704. The summed E-state index contributed by atoms with van der Waals surface area (Å²) >= 11 is 0. The van der Waals surface area contributed by atoms with Gasteiger partial charge >= 0.3 is 0 Å². The van der Waals surface area contributed by atoms with Crippen LogP contribution < -0.4 is 0 Å². The summed E-state index contributed by atoms with van der Waals surface area (Å²) in [4.78, 5) is 11.9. The fourth-order valence-corrected chi connectivity index (χ4v) is 2.04. The second-order valence-electron chi connectivity index (χ2n) is 4.21.